The van der Waals surface area contributed by atoms with E-state index < -0.39 is 0 Å². The van der Waals surface area contributed by atoms with Crippen LogP contribution in [0, 0.1) is 11.6 Å². The molecule has 4 heteroatoms. The second-order valence-corrected chi connectivity index (χ2v) is 5.33. The van der Waals surface area contributed by atoms with Crippen molar-refractivity contribution in [1.82, 2.24) is 10.2 Å². The zero-order valence-corrected chi connectivity index (χ0v) is 11.6. The van der Waals surface area contributed by atoms with Gasteiger partial charge in [0, 0.05) is 30.7 Å². The summed E-state index contributed by atoms with van der Waals surface area (Å²) in [6, 6.07) is 4.62. The first kappa shape index (κ1) is 14.4. The van der Waals surface area contributed by atoms with E-state index in [1.165, 1.54) is 18.2 Å². The summed E-state index contributed by atoms with van der Waals surface area (Å²) in [4.78, 5) is 2.23. The Balaban J connectivity index is 1.98. The molecule has 1 aliphatic rings. The lowest BCUT2D eigenvalue weighted by Crippen LogP contribution is -2.47. The fourth-order valence-electron chi connectivity index (χ4n) is 2.81. The standard InChI is InChI=1S/C15H22F2N2/c1-3-18-14-6-7-19(11(2)8-14)10-12-9-13(16)4-5-15(12)17/h4-5,9,11,14,18H,3,6-8,10H2,1-2H3. The number of nitrogens with zero attached hydrogens (tertiary/aromatic N) is 1. The highest BCUT2D eigenvalue weighted by Crippen LogP contribution is 2.21. The molecule has 0 spiro atoms. The summed E-state index contributed by atoms with van der Waals surface area (Å²) in [7, 11) is 0. The van der Waals surface area contributed by atoms with Crippen LogP contribution in [-0.4, -0.2) is 30.1 Å². The van der Waals surface area contributed by atoms with Crippen LogP contribution in [0.4, 0.5) is 8.78 Å². The summed E-state index contributed by atoms with van der Waals surface area (Å²) in [5.41, 5.74) is 0.453. The number of nitrogens with one attached hydrogen (secondary N) is 1. The smallest absolute Gasteiger partial charge is 0.127 e. The van der Waals surface area contributed by atoms with Crippen LogP contribution in [-0.2, 0) is 6.54 Å². The predicted molar refractivity (Wildman–Crippen MR) is 72.9 cm³/mol. The maximum absolute atomic E-state index is 13.6. The normalized spacial score (nSPS) is 24.6. The average Bonchev–Trinajstić information content (AvgIpc) is 2.37. The van der Waals surface area contributed by atoms with Crippen molar-refractivity contribution in [3.05, 3.63) is 35.4 Å². The Bertz CT molecular complexity index is 423. The highest BCUT2D eigenvalue weighted by atomic mass is 19.1. The van der Waals surface area contributed by atoms with Crippen molar-refractivity contribution in [3.8, 4) is 0 Å². The van der Waals surface area contributed by atoms with Gasteiger partial charge in [-0.3, -0.25) is 4.90 Å². The van der Waals surface area contributed by atoms with E-state index >= 15 is 0 Å². The van der Waals surface area contributed by atoms with Crippen LogP contribution in [0.1, 0.15) is 32.3 Å². The maximum Gasteiger partial charge on any atom is 0.127 e. The molecule has 0 amide bonds. The first-order valence-electron chi connectivity index (χ1n) is 7.01. The number of likely N-dealkylation sites (tertiary alicyclic amines) is 1. The number of piperidine rings is 1. The molecule has 19 heavy (non-hydrogen) atoms. The molecule has 0 bridgehead atoms. The van der Waals surface area contributed by atoms with Crippen LogP contribution in [0.15, 0.2) is 18.2 Å². The van der Waals surface area contributed by atoms with E-state index in [-0.39, 0.29) is 11.6 Å². The van der Waals surface area contributed by atoms with Crippen molar-refractivity contribution in [1.29, 1.82) is 0 Å². The summed E-state index contributed by atoms with van der Waals surface area (Å²) in [6.45, 7) is 6.66. The van der Waals surface area contributed by atoms with Gasteiger partial charge in [0.15, 0.2) is 0 Å². The Kier molecular flexibility index (Phi) is 4.88. The maximum atomic E-state index is 13.6. The molecule has 0 aromatic heterocycles. The van der Waals surface area contributed by atoms with Gasteiger partial charge in [-0.05, 0) is 44.5 Å². The van der Waals surface area contributed by atoms with Crippen LogP contribution in [0.3, 0.4) is 0 Å². The zero-order valence-electron chi connectivity index (χ0n) is 11.6. The lowest BCUT2D eigenvalue weighted by molar-refractivity contribution is 0.128. The molecule has 1 N–H and O–H groups in total. The molecule has 1 aliphatic heterocycles. The summed E-state index contributed by atoms with van der Waals surface area (Å²) in [5, 5.41) is 3.46. The van der Waals surface area contributed by atoms with E-state index in [0.717, 1.165) is 25.9 Å². The SMILES string of the molecule is CCNC1CCN(Cc2cc(F)ccc2F)C(C)C1. The minimum absolute atomic E-state index is 0.317. The van der Waals surface area contributed by atoms with Gasteiger partial charge in [0.25, 0.3) is 0 Å². The molecular weight excluding hydrogens is 246 g/mol. The number of hydrogen-bond donors (Lipinski definition) is 1. The van der Waals surface area contributed by atoms with E-state index in [0.29, 0.717) is 24.2 Å². The molecule has 1 heterocycles. The Labute approximate surface area is 113 Å². The predicted octanol–water partition coefficient (Wildman–Crippen LogP) is 2.93. The summed E-state index contributed by atoms with van der Waals surface area (Å²) < 4.78 is 26.8. The summed E-state index contributed by atoms with van der Waals surface area (Å²) >= 11 is 0. The van der Waals surface area contributed by atoms with E-state index in [1.54, 1.807) is 0 Å². The Morgan fingerprint density at radius 3 is 2.84 bits per heavy atom. The first-order chi connectivity index (χ1) is 9.10. The van der Waals surface area contributed by atoms with Gasteiger partial charge in [0.2, 0.25) is 0 Å². The fraction of sp³-hybridized carbons (Fsp3) is 0.600. The fourth-order valence-corrected chi connectivity index (χ4v) is 2.81. The molecule has 106 valence electrons. The van der Waals surface area contributed by atoms with Gasteiger partial charge in [0.05, 0.1) is 0 Å². The summed E-state index contributed by atoms with van der Waals surface area (Å²) in [5.74, 6) is -0.686. The van der Waals surface area contributed by atoms with E-state index in [2.05, 4.69) is 24.1 Å². The molecular formula is C15H22F2N2. The van der Waals surface area contributed by atoms with Crippen LogP contribution in [0.25, 0.3) is 0 Å². The van der Waals surface area contributed by atoms with Gasteiger partial charge in [-0.15, -0.1) is 0 Å². The molecule has 2 rings (SSSR count). The number of rotatable bonds is 4. The van der Waals surface area contributed by atoms with E-state index in [1.807, 2.05) is 0 Å². The molecule has 2 unspecified atom stereocenters. The molecule has 1 fully saturated rings. The minimum atomic E-state index is -0.369. The van der Waals surface area contributed by atoms with Gasteiger partial charge >= 0.3 is 0 Å². The van der Waals surface area contributed by atoms with Gasteiger partial charge < -0.3 is 5.32 Å². The second-order valence-electron chi connectivity index (χ2n) is 5.33. The molecule has 0 aliphatic carbocycles. The Morgan fingerprint density at radius 1 is 1.37 bits per heavy atom. The minimum Gasteiger partial charge on any atom is -0.314 e. The Hall–Kier alpha value is -1.00. The molecule has 1 aromatic carbocycles. The summed E-state index contributed by atoms with van der Waals surface area (Å²) in [6.07, 6.45) is 2.12. The van der Waals surface area contributed by atoms with Crippen molar-refractivity contribution in [2.45, 2.75) is 45.3 Å². The molecule has 2 nitrogen and oxygen atoms in total. The van der Waals surface area contributed by atoms with Gasteiger partial charge in [-0.25, -0.2) is 8.78 Å². The van der Waals surface area contributed by atoms with Crippen molar-refractivity contribution < 1.29 is 8.78 Å². The van der Waals surface area contributed by atoms with Gasteiger partial charge in [-0.1, -0.05) is 6.92 Å². The quantitative estimate of drug-likeness (QED) is 0.903. The third-order valence-electron chi connectivity index (χ3n) is 3.89. The molecule has 1 aromatic rings. The van der Waals surface area contributed by atoms with E-state index in [4.69, 9.17) is 0 Å². The zero-order chi connectivity index (χ0) is 13.8. The third kappa shape index (κ3) is 3.74. The van der Waals surface area contributed by atoms with Crippen molar-refractivity contribution in [2.75, 3.05) is 13.1 Å². The van der Waals surface area contributed by atoms with Gasteiger partial charge in [0.1, 0.15) is 11.6 Å². The molecule has 0 saturated carbocycles. The third-order valence-corrected chi connectivity index (χ3v) is 3.89. The number of halogens is 2. The number of hydrogen-bond acceptors (Lipinski definition) is 2. The first-order valence-corrected chi connectivity index (χ1v) is 7.01. The lowest BCUT2D eigenvalue weighted by Gasteiger charge is -2.38. The van der Waals surface area contributed by atoms with Crippen molar-refractivity contribution >= 4 is 0 Å². The topological polar surface area (TPSA) is 15.3 Å². The van der Waals surface area contributed by atoms with Gasteiger partial charge in [-0.2, -0.15) is 0 Å². The average molecular weight is 268 g/mol. The van der Waals surface area contributed by atoms with Crippen LogP contribution in [0.5, 0.6) is 0 Å². The van der Waals surface area contributed by atoms with Crippen LogP contribution < -0.4 is 5.32 Å². The van der Waals surface area contributed by atoms with Crippen LogP contribution >= 0.6 is 0 Å². The highest BCUT2D eigenvalue weighted by molar-refractivity contribution is 5.18. The molecule has 0 radical (unpaired) electrons. The number of benzene rings is 1. The van der Waals surface area contributed by atoms with Crippen molar-refractivity contribution in [2.24, 2.45) is 0 Å². The lowest BCUT2D eigenvalue weighted by atomic mass is 9.97. The van der Waals surface area contributed by atoms with Crippen molar-refractivity contribution in [3.63, 3.8) is 0 Å². The van der Waals surface area contributed by atoms with Crippen LogP contribution in [0.2, 0.25) is 0 Å². The largest absolute Gasteiger partial charge is 0.314 e. The monoisotopic (exact) mass is 268 g/mol. The molecule has 2 atom stereocenters. The molecule has 1 saturated heterocycles. The Morgan fingerprint density at radius 2 is 2.16 bits per heavy atom. The van der Waals surface area contributed by atoms with E-state index in [9.17, 15) is 8.78 Å². The highest BCUT2D eigenvalue weighted by Gasteiger charge is 2.25. The second kappa shape index (κ2) is 6.44.